The number of anilines is 1. The van der Waals surface area contributed by atoms with Gasteiger partial charge in [-0.05, 0) is 38.1 Å². The fourth-order valence-corrected chi connectivity index (χ4v) is 5.18. The number of para-hydroxylation sites is 3. The van der Waals surface area contributed by atoms with Crippen LogP contribution in [0.3, 0.4) is 0 Å². The second-order valence-electron chi connectivity index (χ2n) is 7.41. The predicted octanol–water partition coefficient (Wildman–Crippen LogP) is 5.29. The Labute approximate surface area is 152 Å². The molecule has 130 valence electrons. The van der Waals surface area contributed by atoms with Gasteiger partial charge in [0.25, 0.3) is 0 Å². The van der Waals surface area contributed by atoms with Crippen molar-refractivity contribution >= 4 is 23.5 Å². The maximum atomic E-state index is 13.1. The van der Waals surface area contributed by atoms with E-state index in [0.29, 0.717) is 11.5 Å². The molecular weight excluding hydrogens is 334 g/mol. The van der Waals surface area contributed by atoms with Gasteiger partial charge in [0.05, 0.1) is 5.69 Å². The fraction of sp³-hybridized carbons (Fsp3) is 0.350. The van der Waals surface area contributed by atoms with Gasteiger partial charge in [-0.25, -0.2) is 9.69 Å². The summed E-state index contributed by atoms with van der Waals surface area (Å²) < 4.78 is 12.0. The quantitative estimate of drug-likeness (QED) is 0.697. The van der Waals surface area contributed by atoms with E-state index in [1.807, 2.05) is 42.5 Å². The Hall–Kier alpha value is -2.14. The molecular formula is C20H21NO3S. The van der Waals surface area contributed by atoms with Crippen molar-refractivity contribution in [2.45, 2.75) is 37.5 Å². The van der Waals surface area contributed by atoms with Crippen LogP contribution in [0, 0.1) is 5.41 Å². The average molecular weight is 355 g/mol. The van der Waals surface area contributed by atoms with Gasteiger partial charge in [-0.2, -0.15) is 0 Å². The summed E-state index contributed by atoms with van der Waals surface area (Å²) in [6.45, 7) is 8.63. The Balaban J connectivity index is 1.75. The van der Waals surface area contributed by atoms with Crippen molar-refractivity contribution in [1.29, 1.82) is 0 Å². The van der Waals surface area contributed by atoms with Crippen LogP contribution in [0.1, 0.15) is 27.7 Å². The molecule has 1 spiro atoms. The van der Waals surface area contributed by atoms with E-state index in [1.165, 1.54) is 0 Å². The summed E-state index contributed by atoms with van der Waals surface area (Å²) >= 11 is 1.65. The van der Waals surface area contributed by atoms with E-state index < -0.39 is 11.2 Å². The van der Waals surface area contributed by atoms with Crippen molar-refractivity contribution in [3.63, 3.8) is 0 Å². The number of rotatable bonds is 1. The van der Waals surface area contributed by atoms with Crippen molar-refractivity contribution < 1.29 is 14.3 Å². The number of fused-ring (bicyclic) bond motifs is 1. The van der Waals surface area contributed by atoms with Crippen LogP contribution in [0.2, 0.25) is 0 Å². The predicted molar refractivity (Wildman–Crippen MR) is 100 cm³/mol. The van der Waals surface area contributed by atoms with Crippen molar-refractivity contribution in [2.24, 2.45) is 5.41 Å². The van der Waals surface area contributed by atoms with E-state index in [9.17, 15) is 4.79 Å². The minimum atomic E-state index is -0.800. The van der Waals surface area contributed by atoms with Crippen LogP contribution >= 0.6 is 11.8 Å². The lowest BCUT2D eigenvalue weighted by atomic mass is 9.76. The van der Waals surface area contributed by atoms with Crippen LogP contribution in [0.15, 0.2) is 54.6 Å². The molecule has 0 N–H and O–H groups in total. The van der Waals surface area contributed by atoms with Crippen molar-refractivity contribution in [3.8, 4) is 11.5 Å². The molecule has 1 saturated heterocycles. The first-order valence-corrected chi connectivity index (χ1v) is 9.15. The largest absolute Gasteiger partial charge is 0.455 e. The first-order valence-electron chi connectivity index (χ1n) is 8.34. The molecule has 2 aromatic rings. The maximum absolute atomic E-state index is 13.1. The maximum Gasteiger partial charge on any atom is 0.423 e. The Morgan fingerprint density at radius 1 is 1.00 bits per heavy atom. The number of carbonyl (C=O) groups is 1. The summed E-state index contributed by atoms with van der Waals surface area (Å²) in [5.41, 5.74) is 0.485. The van der Waals surface area contributed by atoms with Gasteiger partial charge in [-0.15, -0.1) is 0 Å². The summed E-state index contributed by atoms with van der Waals surface area (Å²) in [5, 5.41) is -0.800. The van der Waals surface area contributed by atoms with E-state index in [1.54, 1.807) is 28.8 Å². The van der Waals surface area contributed by atoms with Crippen molar-refractivity contribution in [1.82, 2.24) is 0 Å². The number of hydrogen-bond donors (Lipinski definition) is 0. The van der Waals surface area contributed by atoms with Gasteiger partial charge in [0.15, 0.2) is 0 Å². The minimum Gasteiger partial charge on any atom is -0.455 e. The summed E-state index contributed by atoms with van der Waals surface area (Å²) in [6.07, 6.45) is -0.424. The monoisotopic (exact) mass is 355 g/mol. The van der Waals surface area contributed by atoms with E-state index >= 15 is 0 Å². The number of ether oxygens (including phenoxy) is 2. The third kappa shape index (κ3) is 2.11. The SMILES string of the molecule is CC1(C)SC2(Oc3ccccc3N2C(=O)Oc2ccccc2)C1(C)C. The lowest BCUT2D eigenvalue weighted by Crippen LogP contribution is -2.74. The normalized spacial score (nSPS) is 25.0. The molecule has 0 aliphatic carbocycles. The van der Waals surface area contributed by atoms with E-state index in [2.05, 4.69) is 27.7 Å². The molecule has 0 saturated carbocycles. The van der Waals surface area contributed by atoms with Gasteiger partial charge in [-0.3, -0.25) is 0 Å². The van der Waals surface area contributed by atoms with Crippen LogP contribution in [-0.2, 0) is 0 Å². The molecule has 0 radical (unpaired) electrons. The van der Waals surface area contributed by atoms with E-state index in [4.69, 9.17) is 9.47 Å². The second-order valence-corrected chi connectivity index (χ2v) is 9.18. The third-order valence-corrected chi connectivity index (χ3v) is 7.54. The van der Waals surface area contributed by atoms with Crippen molar-refractivity contribution in [3.05, 3.63) is 54.6 Å². The highest BCUT2D eigenvalue weighted by molar-refractivity contribution is 8.03. The Morgan fingerprint density at radius 3 is 2.28 bits per heavy atom. The number of nitrogens with zero attached hydrogens (tertiary/aromatic N) is 1. The average Bonchev–Trinajstić information content (AvgIpc) is 2.91. The van der Waals surface area contributed by atoms with Crippen LogP contribution in [0.5, 0.6) is 11.5 Å². The number of thioether (sulfide) groups is 1. The molecule has 0 aromatic heterocycles. The van der Waals surface area contributed by atoms with Crippen LogP contribution in [0.25, 0.3) is 0 Å². The number of carbonyl (C=O) groups excluding carboxylic acids is 1. The third-order valence-electron chi connectivity index (χ3n) is 5.47. The molecule has 2 aromatic carbocycles. The highest BCUT2D eigenvalue weighted by Gasteiger charge is 2.74. The molecule has 5 heteroatoms. The fourth-order valence-electron chi connectivity index (χ4n) is 3.34. The van der Waals surface area contributed by atoms with Crippen LogP contribution in [-0.4, -0.2) is 15.9 Å². The molecule has 1 fully saturated rings. The molecule has 1 unspecified atom stereocenters. The number of amides is 1. The lowest BCUT2D eigenvalue weighted by molar-refractivity contribution is 0.00153. The topological polar surface area (TPSA) is 38.8 Å². The first-order chi connectivity index (χ1) is 11.8. The summed E-state index contributed by atoms with van der Waals surface area (Å²) in [5.74, 6) is 1.23. The van der Waals surface area contributed by atoms with Gasteiger partial charge in [0.1, 0.15) is 11.5 Å². The lowest BCUT2D eigenvalue weighted by Gasteiger charge is -2.64. The summed E-state index contributed by atoms with van der Waals surface area (Å²) in [7, 11) is 0. The van der Waals surface area contributed by atoms with Crippen LogP contribution < -0.4 is 14.4 Å². The Morgan fingerprint density at radius 2 is 1.64 bits per heavy atom. The zero-order valence-corrected chi connectivity index (χ0v) is 15.6. The zero-order chi connectivity index (χ0) is 17.9. The highest BCUT2D eigenvalue weighted by atomic mass is 32.2. The highest BCUT2D eigenvalue weighted by Crippen LogP contribution is 2.72. The van der Waals surface area contributed by atoms with Gasteiger partial charge < -0.3 is 9.47 Å². The smallest absolute Gasteiger partial charge is 0.423 e. The summed E-state index contributed by atoms with van der Waals surface area (Å²) in [6, 6.07) is 16.8. The van der Waals surface area contributed by atoms with E-state index in [-0.39, 0.29) is 10.2 Å². The minimum absolute atomic E-state index is 0.0275. The van der Waals surface area contributed by atoms with Crippen molar-refractivity contribution in [2.75, 3.05) is 4.90 Å². The summed E-state index contributed by atoms with van der Waals surface area (Å²) in [4.78, 5) is 14.8. The molecule has 1 atom stereocenters. The molecule has 0 bridgehead atoms. The first kappa shape index (κ1) is 16.3. The molecule has 2 heterocycles. The molecule has 2 aliphatic heterocycles. The standard InChI is InChI=1S/C20H21NO3S/c1-18(2)19(3,4)25-20(18)21(15-12-8-9-13-16(15)24-20)17(22)23-14-10-6-5-7-11-14/h5-13H,1-4H3. The number of benzene rings is 2. The Bertz CT molecular complexity index is 834. The van der Waals surface area contributed by atoms with Gasteiger partial charge in [0.2, 0.25) is 5.06 Å². The molecule has 1 amide bonds. The van der Waals surface area contributed by atoms with E-state index in [0.717, 1.165) is 5.69 Å². The van der Waals surface area contributed by atoms with Gasteiger partial charge in [0, 0.05) is 10.2 Å². The Kier molecular flexibility index (Phi) is 3.38. The zero-order valence-electron chi connectivity index (χ0n) is 14.8. The molecule has 2 aliphatic rings. The van der Waals surface area contributed by atoms with Gasteiger partial charge in [-0.1, -0.05) is 55.9 Å². The molecule has 25 heavy (non-hydrogen) atoms. The molecule has 4 rings (SSSR count). The van der Waals surface area contributed by atoms with Crippen LogP contribution in [0.4, 0.5) is 10.5 Å². The second kappa shape index (κ2) is 5.18. The van der Waals surface area contributed by atoms with Gasteiger partial charge >= 0.3 is 6.09 Å². The number of hydrogen-bond acceptors (Lipinski definition) is 4. The molecule has 4 nitrogen and oxygen atoms in total.